The van der Waals surface area contributed by atoms with Crippen LogP contribution in [0, 0.1) is 23.3 Å². The van der Waals surface area contributed by atoms with Crippen LogP contribution in [0.4, 0.5) is 23.4 Å². The number of halogens is 5. The van der Waals surface area contributed by atoms with E-state index >= 15 is 0 Å². The summed E-state index contributed by atoms with van der Waals surface area (Å²) in [5.41, 5.74) is -0.953. The number of hydrogen-bond acceptors (Lipinski definition) is 2. The lowest BCUT2D eigenvalue weighted by Gasteiger charge is -2.07. The number of anilines is 1. The van der Waals surface area contributed by atoms with E-state index in [9.17, 15) is 22.4 Å². The molecular formula is C12H5BrF4N2O. The standard InChI is InChI=1S/C12H5BrF4N2O/c13-5-1-2-8(18-4-5)19-12(20)6-3-7(14)10(16)11(17)9(6)15/h1-4H,(H,18,19,20). The third-order valence-electron chi connectivity index (χ3n) is 2.32. The van der Waals surface area contributed by atoms with Crippen molar-refractivity contribution in [1.82, 2.24) is 4.98 Å². The SMILES string of the molecule is O=C(Nc1ccc(Br)cn1)c1cc(F)c(F)c(F)c1F. The van der Waals surface area contributed by atoms with E-state index in [0.717, 1.165) is 0 Å². The van der Waals surface area contributed by atoms with Crippen LogP contribution in [0.5, 0.6) is 0 Å². The average Bonchev–Trinajstić information content (AvgIpc) is 2.43. The summed E-state index contributed by atoms with van der Waals surface area (Å²) in [5, 5.41) is 2.13. The minimum atomic E-state index is -2.04. The Hall–Kier alpha value is -1.96. The molecule has 0 aliphatic rings. The Bertz CT molecular complexity index is 676. The molecule has 1 N–H and O–H groups in total. The maximum atomic E-state index is 13.4. The van der Waals surface area contributed by atoms with Gasteiger partial charge in [-0.25, -0.2) is 22.5 Å². The van der Waals surface area contributed by atoms with E-state index < -0.39 is 34.7 Å². The fourth-order valence-corrected chi connectivity index (χ4v) is 1.61. The molecule has 1 aromatic heterocycles. The van der Waals surface area contributed by atoms with Gasteiger partial charge in [-0.1, -0.05) is 0 Å². The monoisotopic (exact) mass is 348 g/mol. The first kappa shape index (κ1) is 14.4. The van der Waals surface area contributed by atoms with E-state index in [1.165, 1.54) is 12.3 Å². The largest absolute Gasteiger partial charge is 0.306 e. The zero-order valence-corrected chi connectivity index (χ0v) is 11.1. The Morgan fingerprint density at radius 2 is 1.80 bits per heavy atom. The lowest BCUT2D eigenvalue weighted by Crippen LogP contribution is -2.16. The first-order valence-electron chi connectivity index (χ1n) is 5.16. The number of aromatic nitrogens is 1. The van der Waals surface area contributed by atoms with E-state index in [-0.39, 0.29) is 11.9 Å². The van der Waals surface area contributed by atoms with E-state index in [4.69, 9.17) is 0 Å². The van der Waals surface area contributed by atoms with Gasteiger partial charge in [0.1, 0.15) is 5.82 Å². The van der Waals surface area contributed by atoms with Crippen molar-refractivity contribution < 1.29 is 22.4 Å². The Labute approximate surface area is 118 Å². The van der Waals surface area contributed by atoms with Crippen molar-refractivity contribution >= 4 is 27.7 Å². The summed E-state index contributed by atoms with van der Waals surface area (Å²) in [6, 6.07) is 3.21. The minimum Gasteiger partial charge on any atom is -0.306 e. The smallest absolute Gasteiger partial charge is 0.260 e. The van der Waals surface area contributed by atoms with E-state index in [2.05, 4.69) is 26.2 Å². The van der Waals surface area contributed by atoms with Gasteiger partial charge in [0.15, 0.2) is 23.3 Å². The van der Waals surface area contributed by atoms with Crippen LogP contribution < -0.4 is 5.32 Å². The van der Waals surface area contributed by atoms with Gasteiger partial charge in [0, 0.05) is 10.7 Å². The molecule has 20 heavy (non-hydrogen) atoms. The molecule has 1 amide bonds. The molecule has 0 saturated carbocycles. The summed E-state index contributed by atoms with van der Waals surface area (Å²) < 4.78 is 52.8. The summed E-state index contributed by atoms with van der Waals surface area (Å²) in [7, 11) is 0. The molecule has 0 aliphatic heterocycles. The van der Waals surface area contributed by atoms with Crippen LogP contribution in [0.1, 0.15) is 10.4 Å². The number of pyridine rings is 1. The number of nitrogens with zero attached hydrogens (tertiary/aromatic N) is 1. The van der Waals surface area contributed by atoms with E-state index in [1.54, 1.807) is 6.07 Å². The van der Waals surface area contributed by atoms with Crippen LogP contribution in [-0.2, 0) is 0 Å². The van der Waals surface area contributed by atoms with Crippen LogP contribution in [0.2, 0.25) is 0 Å². The van der Waals surface area contributed by atoms with Gasteiger partial charge in [0.25, 0.3) is 5.91 Å². The highest BCUT2D eigenvalue weighted by Gasteiger charge is 2.23. The van der Waals surface area contributed by atoms with Crippen molar-refractivity contribution in [3.8, 4) is 0 Å². The van der Waals surface area contributed by atoms with Crippen LogP contribution in [-0.4, -0.2) is 10.9 Å². The van der Waals surface area contributed by atoms with Crippen LogP contribution >= 0.6 is 15.9 Å². The zero-order chi connectivity index (χ0) is 14.9. The quantitative estimate of drug-likeness (QED) is 0.511. The molecule has 0 spiro atoms. The van der Waals surface area contributed by atoms with Crippen molar-refractivity contribution in [3.63, 3.8) is 0 Å². The highest BCUT2D eigenvalue weighted by molar-refractivity contribution is 9.10. The zero-order valence-electron chi connectivity index (χ0n) is 9.55. The Balaban J connectivity index is 2.32. The fourth-order valence-electron chi connectivity index (χ4n) is 1.37. The molecule has 2 rings (SSSR count). The Morgan fingerprint density at radius 1 is 1.10 bits per heavy atom. The number of carbonyl (C=O) groups excluding carboxylic acids is 1. The highest BCUT2D eigenvalue weighted by atomic mass is 79.9. The number of nitrogens with one attached hydrogen (secondary N) is 1. The summed E-state index contributed by atoms with van der Waals surface area (Å²) >= 11 is 3.12. The molecule has 0 bridgehead atoms. The van der Waals surface area contributed by atoms with Crippen molar-refractivity contribution in [1.29, 1.82) is 0 Å². The first-order valence-corrected chi connectivity index (χ1v) is 5.95. The molecule has 1 aromatic carbocycles. The maximum Gasteiger partial charge on any atom is 0.260 e. The van der Waals surface area contributed by atoms with Gasteiger partial charge < -0.3 is 5.32 Å². The number of hydrogen-bond donors (Lipinski definition) is 1. The molecule has 0 unspecified atom stereocenters. The normalized spacial score (nSPS) is 10.4. The Kier molecular flexibility index (Phi) is 4.03. The first-order chi connectivity index (χ1) is 9.40. The predicted octanol–water partition coefficient (Wildman–Crippen LogP) is 3.65. The highest BCUT2D eigenvalue weighted by Crippen LogP contribution is 2.20. The molecular weight excluding hydrogens is 344 g/mol. The summed E-state index contributed by atoms with van der Waals surface area (Å²) in [4.78, 5) is 15.4. The molecule has 1 heterocycles. The second-order valence-electron chi connectivity index (χ2n) is 3.66. The van der Waals surface area contributed by atoms with Gasteiger partial charge in [-0.3, -0.25) is 4.79 Å². The van der Waals surface area contributed by atoms with Gasteiger partial charge in [0.2, 0.25) is 0 Å². The minimum absolute atomic E-state index is 0.0442. The number of benzene rings is 1. The van der Waals surface area contributed by atoms with Gasteiger partial charge in [0.05, 0.1) is 5.56 Å². The molecule has 8 heteroatoms. The summed E-state index contributed by atoms with van der Waals surface area (Å²) in [6.07, 6.45) is 1.36. The molecule has 0 aliphatic carbocycles. The molecule has 0 atom stereocenters. The van der Waals surface area contributed by atoms with E-state index in [0.29, 0.717) is 4.47 Å². The molecule has 104 valence electrons. The van der Waals surface area contributed by atoms with Gasteiger partial charge in [-0.05, 0) is 34.1 Å². The molecule has 0 radical (unpaired) electrons. The fraction of sp³-hybridized carbons (Fsp3) is 0. The molecule has 3 nitrogen and oxygen atoms in total. The van der Waals surface area contributed by atoms with Crippen LogP contribution in [0.3, 0.4) is 0 Å². The predicted molar refractivity (Wildman–Crippen MR) is 66.2 cm³/mol. The number of rotatable bonds is 2. The second-order valence-corrected chi connectivity index (χ2v) is 4.58. The lowest BCUT2D eigenvalue weighted by molar-refractivity contribution is 0.102. The maximum absolute atomic E-state index is 13.4. The number of carbonyl (C=O) groups is 1. The molecule has 0 saturated heterocycles. The van der Waals surface area contributed by atoms with Gasteiger partial charge in [-0.15, -0.1) is 0 Å². The van der Waals surface area contributed by atoms with Crippen molar-refractivity contribution in [2.24, 2.45) is 0 Å². The topological polar surface area (TPSA) is 42.0 Å². The summed E-state index contributed by atoms with van der Waals surface area (Å²) in [6.45, 7) is 0. The molecule has 0 fully saturated rings. The van der Waals surface area contributed by atoms with Crippen molar-refractivity contribution in [2.75, 3.05) is 5.32 Å². The Morgan fingerprint density at radius 3 is 2.40 bits per heavy atom. The van der Waals surface area contributed by atoms with Gasteiger partial charge in [-0.2, -0.15) is 0 Å². The van der Waals surface area contributed by atoms with E-state index in [1.807, 2.05) is 0 Å². The second kappa shape index (κ2) is 5.58. The van der Waals surface area contributed by atoms with Crippen molar-refractivity contribution in [2.45, 2.75) is 0 Å². The molecule has 2 aromatic rings. The van der Waals surface area contributed by atoms with Crippen LogP contribution in [0.15, 0.2) is 28.9 Å². The van der Waals surface area contributed by atoms with Gasteiger partial charge >= 0.3 is 0 Å². The van der Waals surface area contributed by atoms with Crippen molar-refractivity contribution in [3.05, 3.63) is 57.7 Å². The summed E-state index contributed by atoms with van der Waals surface area (Å²) in [5.74, 6) is -8.53. The van der Waals surface area contributed by atoms with Crippen LogP contribution in [0.25, 0.3) is 0 Å². The third kappa shape index (κ3) is 2.79. The number of amides is 1. The lowest BCUT2D eigenvalue weighted by atomic mass is 10.1. The average molecular weight is 349 g/mol. The third-order valence-corrected chi connectivity index (χ3v) is 2.79.